The molecule has 0 radical (unpaired) electrons. The molecule has 2 atom stereocenters. The van der Waals surface area contributed by atoms with Gasteiger partial charge in [0.15, 0.2) is 0 Å². The van der Waals surface area contributed by atoms with Crippen LogP contribution in [-0.2, 0) is 6.42 Å². The first-order chi connectivity index (χ1) is 9.98. The van der Waals surface area contributed by atoms with E-state index in [0.29, 0.717) is 0 Å². The van der Waals surface area contributed by atoms with Crippen molar-refractivity contribution in [2.45, 2.75) is 39.3 Å². The van der Waals surface area contributed by atoms with Crippen molar-refractivity contribution in [3.8, 4) is 0 Å². The monoisotopic (exact) mass is 285 g/mol. The number of aliphatic hydroxyl groups excluding tert-OH is 1. The number of aromatic nitrogens is 3. The SMILES string of the molecule is CC(C)(C)C(O)C(/C=C/Cc1ccccc1)n1cncn1. The summed E-state index contributed by atoms with van der Waals surface area (Å²) in [5, 5.41) is 14.7. The third kappa shape index (κ3) is 4.26. The van der Waals surface area contributed by atoms with Crippen molar-refractivity contribution >= 4 is 0 Å². The summed E-state index contributed by atoms with van der Waals surface area (Å²) in [7, 11) is 0. The fourth-order valence-corrected chi connectivity index (χ4v) is 2.18. The van der Waals surface area contributed by atoms with Gasteiger partial charge in [-0.3, -0.25) is 0 Å². The molecule has 0 aliphatic carbocycles. The molecular formula is C17H23N3O. The first kappa shape index (κ1) is 15.4. The molecule has 2 rings (SSSR count). The molecule has 112 valence electrons. The highest BCUT2D eigenvalue weighted by Gasteiger charge is 2.30. The lowest BCUT2D eigenvalue weighted by Gasteiger charge is -2.31. The molecule has 4 heteroatoms. The van der Waals surface area contributed by atoms with E-state index in [1.54, 1.807) is 11.0 Å². The molecule has 2 aromatic rings. The minimum absolute atomic E-state index is 0.212. The number of hydrogen-bond acceptors (Lipinski definition) is 3. The number of rotatable bonds is 5. The lowest BCUT2D eigenvalue weighted by Crippen LogP contribution is -2.34. The lowest BCUT2D eigenvalue weighted by atomic mass is 9.84. The second kappa shape index (κ2) is 6.68. The Kier molecular flexibility index (Phi) is 4.91. The molecule has 2 unspecified atom stereocenters. The van der Waals surface area contributed by atoms with Crippen LogP contribution in [0.25, 0.3) is 0 Å². The Morgan fingerprint density at radius 3 is 2.52 bits per heavy atom. The standard InChI is InChI=1S/C17H23N3O/c1-17(2,3)16(21)15(20-13-18-12-19-20)11-7-10-14-8-5-4-6-9-14/h4-9,11-13,15-16,21H,10H2,1-3H3/b11-7+. The van der Waals surface area contributed by atoms with Crippen molar-refractivity contribution in [2.24, 2.45) is 5.41 Å². The van der Waals surface area contributed by atoms with E-state index in [1.165, 1.54) is 11.9 Å². The van der Waals surface area contributed by atoms with Crippen LogP contribution in [0, 0.1) is 5.41 Å². The summed E-state index contributed by atoms with van der Waals surface area (Å²) in [5.41, 5.74) is 1.02. The Morgan fingerprint density at radius 1 is 1.24 bits per heavy atom. The number of aliphatic hydroxyl groups is 1. The van der Waals surface area contributed by atoms with E-state index >= 15 is 0 Å². The van der Waals surface area contributed by atoms with E-state index in [2.05, 4.69) is 28.3 Å². The highest BCUT2D eigenvalue weighted by atomic mass is 16.3. The summed E-state index contributed by atoms with van der Waals surface area (Å²) in [6.07, 6.45) is 7.53. The maximum absolute atomic E-state index is 10.6. The molecule has 0 bridgehead atoms. The third-order valence-electron chi connectivity index (χ3n) is 3.48. The van der Waals surface area contributed by atoms with Crippen LogP contribution < -0.4 is 0 Å². The van der Waals surface area contributed by atoms with E-state index in [-0.39, 0.29) is 11.5 Å². The maximum Gasteiger partial charge on any atom is 0.137 e. The van der Waals surface area contributed by atoms with Crippen LogP contribution in [0.3, 0.4) is 0 Å². The fourth-order valence-electron chi connectivity index (χ4n) is 2.18. The van der Waals surface area contributed by atoms with Crippen molar-refractivity contribution in [1.29, 1.82) is 0 Å². The normalized spacial score (nSPS) is 15.2. The number of hydrogen-bond donors (Lipinski definition) is 1. The molecule has 0 aliphatic heterocycles. The van der Waals surface area contributed by atoms with Crippen molar-refractivity contribution < 1.29 is 5.11 Å². The van der Waals surface area contributed by atoms with Crippen LogP contribution >= 0.6 is 0 Å². The van der Waals surface area contributed by atoms with Crippen molar-refractivity contribution in [3.05, 3.63) is 60.7 Å². The zero-order valence-corrected chi connectivity index (χ0v) is 12.8. The van der Waals surface area contributed by atoms with E-state index in [9.17, 15) is 5.11 Å². The molecule has 21 heavy (non-hydrogen) atoms. The maximum atomic E-state index is 10.6. The quantitative estimate of drug-likeness (QED) is 0.859. The molecule has 0 saturated carbocycles. The van der Waals surface area contributed by atoms with Gasteiger partial charge < -0.3 is 5.11 Å². The van der Waals surface area contributed by atoms with E-state index in [0.717, 1.165) is 6.42 Å². The van der Waals surface area contributed by atoms with Crippen LogP contribution in [-0.4, -0.2) is 26.0 Å². The number of benzene rings is 1. The first-order valence-electron chi connectivity index (χ1n) is 7.21. The van der Waals surface area contributed by atoms with Gasteiger partial charge in [0.25, 0.3) is 0 Å². The minimum Gasteiger partial charge on any atom is -0.390 e. The molecule has 0 amide bonds. The van der Waals surface area contributed by atoms with Gasteiger partial charge in [0.2, 0.25) is 0 Å². The highest BCUT2D eigenvalue weighted by molar-refractivity contribution is 5.18. The zero-order valence-electron chi connectivity index (χ0n) is 12.8. The van der Waals surface area contributed by atoms with Gasteiger partial charge in [-0.05, 0) is 17.4 Å². The topological polar surface area (TPSA) is 50.9 Å². The second-order valence-electron chi connectivity index (χ2n) is 6.29. The summed E-state index contributed by atoms with van der Waals surface area (Å²) < 4.78 is 1.71. The van der Waals surface area contributed by atoms with Crippen LogP contribution in [0.5, 0.6) is 0 Å². The van der Waals surface area contributed by atoms with Gasteiger partial charge in [0.1, 0.15) is 12.7 Å². The molecule has 4 nitrogen and oxygen atoms in total. The average Bonchev–Trinajstić information content (AvgIpc) is 2.97. The van der Waals surface area contributed by atoms with Gasteiger partial charge >= 0.3 is 0 Å². The molecule has 1 aromatic heterocycles. The van der Waals surface area contributed by atoms with Gasteiger partial charge in [-0.1, -0.05) is 63.3 Å². The Hall–Kier alpha value is -1.94. The smallest absolute Gasteiger partial charge is 0.137 e. The highest BCUT2D eigenvalue weighted by Crippen LogP contribution is 2.28. The summed E-state index contributed by atoms with van der Waals surface area (Å²) in [6.45, 7) is 6.06. The van der Waals surface area contributed by atoms with E-state index in [4.69, 9.17) is 0 Å². The van der Waals surface area contributed by atoms with Gasteiger partial charge in [-0.25, -0.2) is 9.67 Å². The predicted octanol–water partition coefficient (Wildman–Crippen LogP) is 3.03. The van der Waals surface area contributed by atoms with E-state index < -0.39 is 6.10 Å². The largest absolute Gasteiger partial charge is 0.390 e. The minimum atomic E-state index is -0.536. The molecule has 1 heterocycles. The second-order valence-corrected chi connectivity index (χ2v) is 6.29. The van der Waals surface area contributed by atoms with Gasteiger partial charge in [0, 0.05) is 0 Å². The molecule has 0 saturated heterocycles. The van der Waals surface area contributed by atoms with Crippen LogP contribution in [0.1, 0.15) is 32.4 Å². The van der Waals surface area contributed by atoms with Gasteiger partial charge in [-0.15, -0.1) is 0 Å². The molecule has 0 spiro atoms. The summed E-state index contributed by atoms with van der Waals surface area (Å²) >= 11 is 0. The first-order valence-corrected chi connectivity index (χ1v) is 7.21. The van der Waals surface area contributed by atoms with E-state index in [1.807, 2.05) is 45.0 Å². The number of allylic oxidation sites excluding steroid dienone is 1. The lowest BCUT2D eigenvalue weighted by molar-refractivity contribution is 0.0284. The summed E-state index contributed by atoms with van der Waals surface area (Å²) in [5.74, 6) is 0. The Morgan fingerprint density at radius 2 is 1.95 bits per heavy atom. The molecule has 0 fully saturated rings. The fraction of sp³-hybridized carbons (Fsp3) is 0.412. The molecule has 1 N–H and O–H groups in total. The van der Waals surface area contributed by atoms with Gasteiger partial charge in [0.05, 0.1) is 12.1 Å². The van der Waals surface area contributed by atoms with Gasteiger partial charge in [-0.2, -0.15) is 5.10 Å². The predicted molar refractivity (Wildman–Crippen MR) is 83.8 cm³/mol. The molecular weight excluding hydrogens is 262 g/mol. The number of nitrogens with zero attached hydrogens (tertiary/aromatic N) is 3. The zero-order chi connectivity index (χ0) is 15.3. The Labute approximate surface area is 126 Å². The van der Waals surface area contributed by atoms with Crippen LogP contribution in [0.2, 0.25) is 0 Å². The molecule has 0 aliphatic rings. The molecule has 1 aromatic carbocycles. The van der Waals surface area contributed by atoms with Crippen molar-refractivity contribution in [1.82, 2.24) is 14.8 Å². The summed E-state index contributed by atoms with van der Waals surface area (Å²) in [4.78, 5) is 3.98. The van der Waals surface area contributed by atoms with Crippen LogP contribution in [0.4, 0.5) is 0 Å². The van der Waals surface area contributed by atoms with Crippen molar-refractivity contribution in [2.75, 3.05) is 0 Å². The Balaban J connectivity index is 2.13. The third-order valence-corrected chi connectivity index (χ3v) is 3.48. The Bertz CT molecular complexity index is 555. The van der Waals surface area contributed by atoms with Crippen molar-refractivity contribution in [3.63, 3.8) is 0 Å². The average molecular weight is 285 g/mol. The summed E-state index contributed by atoms with van der Waals surface area (Å²) in [6, 6.07) is 10.0. The van der Waals surface area contributed by atoms with Crippen LogP contribution in [0.15, 0.2) is 55.1 Å².